The second kappa shape index (κ2) is 5.86. The van der Waals surface area contributed by atoms with Crippen LogP contribution in [0.3, 0.4) is 0 Å². The molecule has 0 aromatic heterocycles. The molecule has 16 heavy (non-hydrogen) atoms. The summed E-state index contributed by atoms with van der Waals surface area (Å²) in [5, 5.41) is 14.1. The van der Waals surface area contributed by atoms with E-state index in [0.29, 0.717) is 5.69 Å². The quantitative estimate of drug-likeness (QED) is 0.798. The molecule has 1 aromatic rings. The molecule has 0 aliphatic heterocycles. The van der Waals surface area contributed by atoms with E-state index in [0.717, 1.165) is 10.0 Å². The van der Waals surface area contributed by atoms with Crippen molar-refractivity contribution in [3.63, 3.8) is 0 Å². The van der Waals surface area contributed by atoms with Crippen molar-refractivity contribution >= 4 is 27.6 Å². The van der Waals surface area contributed by atoms with Crippen molar-refractivity contribution in [1.29, 1.82) is 0 Å². The molecule has 0 saturated heterocycles. The first-order valence-electron chi connectivity index (χ1n) is 4.97. The number of rotatable bonds is 3. The van der Waals surface area contributed by atoms with E-state index in [4.69, 9.17) is 5.11 Å². The fourth-order valence-electron chi connectivity index (χ4n) is 1.16. The van der Waals surface area contributed by atoms with Crippen LogP contribution < -0.4 is 10.6 Å². The summed E-state index contributed by atoms with van der Waals surface area (Å²) < 4.78 is 0.824. The van der Waals surface area contributed by atoms with Crippen LogP contribution >= 0.6 is 15.9 Å². The van der Waals surface area contributed by atoms with Crippen LogP contribution in [0.5, 0.6) is 0 Å². The molecule has 0 heterocycles. The predicted octanol–water partition coefficient (Wildman–Crippen LogP) is 2.26. The Morgan fingerprint density at radius 2 is 2.25 bits per heavy atom. The Kier molecular flexibility index (Phi) is 4.76. The number of benzene rings is 1. The van der Waals surface area contributed by atoms with Crippen molar-refractivity contribution in [3.8, 4) is 0 Å². The molecule has 2 amide bonds. The van der Waals surface area contributed by atoms with Crippen molar-refractivity contribution in [2.75, 3.05) is 11.9 Å². The third-order valence-corrected chi connectivity index (χ3v) is 2.71. The van der Waals surface area contributed by atoms with Crippen LogP contribution in [0.2, 0.25) is 0 Å². The number of urea groups is 1. The largest absolute Gasteiger partial charge is 0.394 e. The van der Waals surface area contributed by atoms with E-state index in [9.17, 15) is 4.79 Å². The number of hydrogen-bond acceptors (Lipinski definition) is 2. The van der Waals surface area contributed by atoms with E-state index in [1.807, 2.05) is 25.1 Å². The minimum atomic E-state index is -0.326. The van der Waals surface area contributed by atoms with Gasteiger partial charge in [0, 0.05) is 4.47 Å². The third-order valence-electron chi connectivity index (χ3n) is 2.02. The maximum atomic E-state index is 11.5. The summed E-state index contributed by atoms with van der Waals surface area (Å²) in [6.07, 6.45) is 0. The minimum Gasteiger partial charge on any atom is -0.394 e. The summed E-state index contributed by atoms with van der Waals surface area (Å²) in [6.45, 7) is 3.60. The zero-order valence-electron chi connectivity index (χ0n) is 9.25. The van der Waals surface area contributed by atoms with Gasteiger partial charge in [0.15, 0.2) is 0 Å². The molecule has 0 bridgehead atoms. The summed E-state index contributed by atoms with van der Waals surface area (Å²) in [5.41, 5.74) is 1.77. The Hall–Kier alpha value is -1.07. The average Bonchev–Trinajstić information content (AvgIpc) is 2.23. The standard InChI is InChI=1S/C11H15BrN2O2/c1-7-3-4-9(12)10(5-7)14-11(16)13-8(2)6-15/h3-5,8,15H,6H2,1-2H3,(H2,13,14,16)/t8-/m0/s1. The highest BCUT2D eigenvalue weighted by Gasteiger charge is 2.08. The monoisotopic (exact) mass is 286 g/mol. The number of aliphatic hydroxyl groups is 1. The van der Waals surface area contributed by atoms with Gasteiger partial charge in [-0.25, -0.2) is 4.79 Å². The number of anilines is 1. The van der Waals surface area contributed by atoms with Gasteiger partial charge in [-0.2, -0.15) is 0 Å². The molecule has 1 atom stereocenters. The van der Waals surface area contributed by atoms with E-state index >= 15 is 0 Å². The second-order valence-corrected chi connectivity index (χ2v) is 4.52. The van der Waals surface area contributed by atoms with Gasteiger partial charge in [0.25, 0.3) is 0 Å². The maximum Gasteiger partial charge on any atom is 0.319 e. The number of aliphatic hydroxyl groups excluding tert-OH is 1. The first-order chi connectivity index (χ1) is 7.52. The SMILES string of the molecule is Cc1ccc(Br)c(NC(=O)N[C@@H](C)CO)c1. The fourth-order valence-corrected chi connectivity index (χ4v) is 1.51. The topological polar surface area (TPSA) is 61.4 Å². The summed E-state index contributed by atoms with van der Waals surface area (Å²) >= 11 is 3.35. The normalized spacial score (nSPS) is 12.0. The van der Waals surface area contributed by atoms with E-state index in [1.54, 1.807) is 6.92 Å². The molecular formula is C11H15BrN2O2. The predicted molar refractivity (Wildman–Crippen MR) is 67.6 cm³/mol. The van der Waals surface area contributed by atoms with Crippen LogP contribution in [0.4, 0.5) is 10.5 Å². The van der Waals surface area contributed by atoms with Gasteiger partial charge >= 0.3 is 6.03 Å². The van der Waals surface area contributed by atoms with Crippen molar-refractivity contribution in [2.45, 2.75) is 19.9 Å². The molecular weight excluding hydrogens is 272 g/mol. The van der Waals surface area contributed by atoms with Crippen LogP contribution in [-0.4, -0.2) is 23.8 Å². The van der Waals surface area contributed by atoms with Crippen LogP contribution in [0.15, 0.2) is 22.7 Å². The average molecular weight is 287 g/mol. The highest BCUT2D eigenvalue weighted by atomic mass is 79.9. The molecule has 0 fully saturated rings. The number of aryl methyl sites for hydroxylation is 1. The first-order valence-corrected chi connectivity index (χ1v) is 5.76. The number of hydrogen-bond donors (Lipinski definition) is 3. The van der Waals surface area contributed by atoms with Crippen LogP contribution in [0.25, 0.3) is 0 Å². The lowest BCUT2D eigenvalue weighted by molar-refractivity contribution is 0.229. The molecule has 0 radical (unpaired) electrons. The zero-order valence-corrected chi connectivity index (χ0v) is 10.8. The lowest BCUT2D eigenvalue weighted by atomic mass is 10.2. The molecule has 4 nitrogen and oxygen atoms in total. The number of nitrogens with one attached hydrogen (secondary N) is 2. The van der Waals surface area contributed by atoms with Gasteiger partial charge in [-0.15, -0.1) is 0 Å². The van der Waals surface area contributed by atoms with Gasteiger partial charge in [-0.05, 0) is 47.5 Å². The van der Waals surface area contributed by atoms with Gasteiger partial charge in [0.05, 0.1) is 18.3 Å². The summed E-state index contributed by atoms with van der Waals surface area (Å²) in [4.78, 5) is 11.5. The van der Waals surface area contributed by atoms with E-state index in [2.05, 4.69) is 26.6 Å². The smallest absolute Gasteiger partial charge is 0.319 e. The Morgan fingerprint density at radius 1 is 1.56 bits per heavy atom. The van der Waals surface area contributed by atoms with Crippen LogP contribution in [0.1, 0.15) is 12.5 Å². The van der Waals surface area contributed by atoms with Gasteiger partial charge in [-0.1, -0.05) is 6.07 Å². The maximum absolute atomic E-state index is 11.5. The molecule has 0 spiro atoms. The van der Waals surface area contributed by atoms with Gasteiger partial charge in [0.2, 0.25) is 0 Å². The van der Waals surface area contributed by atoms with Crippen molar-refractivity contribution in [2.24, 2.45) is 0 Å². The van der Waals surface area contributed by atoms with E-state index < -0.39 is 0 Å². The molecule has 1 aromatic carbocycles. The number of carbonyl (C=O) groups is 1. The third kappa shape index (κ3) is 3.83. The zero-order chi connectivity index (χ0) is 12.1. The molecule has 0 aliphatic carbocycles. The molecule has 0 aliphatic rings. The minimum absolute atomic E-state index is 0.0809. The van der Waals surface area contributed by atoms with Crippen molar-refractivity contribution < 1.29 is 9.90 Å². The van der Waals surface area contributed by atoms with Crippen LogP contribution in [-0.2, 0) is 0 Å². The van der Waals surface area contributed by atoms with Crippen molar-refractivity contribution in [1.82, 2.24) is 5.32 Å². The molecule has 3 N–H and O–H groups in total. The Labute approximate surface area is 103 Å². The summed E-state index contributed by atoms with van der Waals surface area (Å²) in [5.74, 6) is 0. The van der Waals surface area contributed by atoms with E-state index in [-0.39, 0.29) is 18.7 Å². The number of carbonyl (C=O) groups excluding carboxylic acids is 1. The summed E-state index contributed by atoms with van der Waals surface area (Å²) in [6, 6.07) is 5.11. The van der Waals surface area contributed by atoms with Gasteiger partial charge in [-0.3, -0.25) is 0 Å². The Bertz CT molecular complexity index is 382. The van der Waals surface area contributed by atoms with Crippen LogP contribution in [0, 0.1) is 6.92 Å². The van der Waals surface area contributed by atoms with Crippen molar-refractivity contribution in [3.05, 3.63) is 28.2 Å². The lowest BCUT2D eigenvalue weighted by Crippen LogP contribution is -2.38. The molecule has 88 valence electrons. The molecule has 0 unspecified atom stereocenters. The second-order valence-electron chi connectivity index (χ2n) is 3.67. The molecule has 5 heteroatoms. The highest BCUT2D eigenvalue weighted by molar-refractivity contribution is 9.10. The molecule has 0 saturated carbocycles. The number of halogens is 1. The van der Waals surface area contributed by atoms with Gasteiger partial charge in [0.1, 0.15) is 0 Å². The van der Waals surface area contributed by atoms with Gasteiger partial charge < -0.3 is 15.7 Å². The number of amides is 2. The molecule has 1 rings (SSSR count). The Balaban J connectivity index is 2.65. The van der Waals surface area contributed by atoms with E-state index in [1.165, 1.54) is 0 Å². The lowest BCUT2D eigenvalue weighted by Gasteiger charge is -2.13. The Morgan fingerprint density at radius 3 is 2.88 bits per heavy atom. The summed E-state index contributed by atoms with van der Waals surface area (Å²) in [7, 11) is 0. The first kappa shape index (κ1) is 13.0. The fraction of sp³-hybridized carbons (Fsp3) is 0.364. The highest BCUT2D eigenvalue weighted by Crippen LogP contribution is 2.23.